The number of nitrogens with zero attached hydrogens (tertiary/aromatic N) is 1. The Bertz CT molecular complexity index is 493. The zero-order valence-electron chi connectivity index (χ0n) is 10.6. The molecule has 94 valence electrons. The summed E-state index contributed by atoms with van der Waals surface area (Å²) >= 11 is 5.87. The lowest BCUT2D eigenvalue weighted by molar-refractivity contribution is 0.415. The molecule has 0 aromatic heterocycles. The molecule has 0 fully saturated rings. The normalized spacial score (nSPS) is 10.2. The number of benzene rings is 2. The van der Waals surface area contributed by atoms with Crippen LogP contribution in [-0.4, -0.2) is 14.2 Å². The second-order valence-corrected chi connectivity index (χ2v) is 4.62. The molecule has 18 heavy (non-hydrogen) atoms. The summed E-state index contributed by atoms with van der Waals surface area (Å²) in [6.07, 6.45) is 0. The van der Waals surface area contributed by atoms with Gasteiger partial charge in [-0.2, -0.15) is 0 Å². The van der Waals surface area contributed by atoms with Crippen molar-refractivity contribution in [1.82, 2.24) is 0 Å². The maximum Gasteiger partial charge on any atom is 0.119 e. The minimum atomic E-state index is 0.769. The van der Waals surface area contributed by atoms with Crippen LogP contribution in [0.15, 0.2) is 48.5 Å². The third-order valence-corrected chi connectivity index (χ3v) is 3.10. The van der Waals surface area contributed by atoms with Crippen molar-refractivity contribution in [3.05, 3.63) is 59.1 Å². The van der Waals surface area contributed by atoms with Gasteiger partial charge in [-0.05, 0) is 42.0 Å². The number of rotatable bonds is 4. The monoisotopic (exact) mass is 261 g/mol. The van der Waals surface area contributed by atoms with Crippen LogP contribution in [0.3, 0.4) is 0 Å². The summed E-state index contributed by atoms with van der Waals surface area (Å²) in [5.74, 6) is 0.874. The smallest absolute Gasteiger partial charge is 0.119 e. The van der Waals surface area contributed by atoms with Crippen LogP contribution >= 0.6 is 11.6 Å². The first-order valence-electron chi connectivity index (χ1n) is 5.78. The van der Waals surface area contributed by atoms with Gasteiger partial charge in [-0.1, -0.05) is 23.7 Å². The summed E-state index contributed by atoms with van der Waals surface area (Å²) in [5.41, 5.74) is 2.39. The summed E-state index contributed by atoms with van der Waals surface area (Å²) in [7, 11) is 3.74. The van der Waals surface area contributed by atoms with E-state index in [2.05, 4.69) is 24.1 Å². The summed E-state index contributed by atoms with van der Waals surface area (Å²) in [4.78, 5) is 2.18. The highest BCUT2D eigenvalue weighted by atomic mass is 35.5. The predicted molar refractivity (Wildman–Crippen MR) is 76.6 cm³/mol. The highest BCUT2D eigenvalue weighted by molar-refractivity contribution is 6.30. The van der Waals surface area contributed by atoms with Crippen LogP contribution in [0, 0.1) is 0 Å². The van der Waals surface area contributed by atoms with Gasteiger partial charge in [0.15, 0.2) is 0 Å². The Morgan fingerprint density at radius 3 is 2.17 bits per heavy atom. The third kappa shape index (κ3) is 3.17. The highest BCUT2D eigenvalue weighted by Gasteiger charge is 2.02. The summed E-state index contributed by atoms with van der Waals surface area (Å²) in [5, 5.41) is 0.769. The maximum atomic E-state index is 5.87. The highest BCUT2D eigenvalue weighted by Crippen LogP contribution is 2.20. The Labute approximate surface area is 113 Å². The van der Waals surface area contributed by atoms with Crippen molar-refractivity contribution < 1.29 is 4.74 Å². The van der Waals surface area contributed by atoms with Crippen molar-refractivity contribution in [2.24, 2.45) is 0 Å². The van der Waals surface area contributed by atoms with E-state index in [1.165, 1.54) is 5.56 Å². The molecule has 0 aliphatic rings. The first kappa shape index (κ1) is 12.8. The zero-order chi connectivity index (χ0) is 13.0. The van der Waals surface area contributed by atoms with Crippen molar-refractivity contribution in [3.8, 4) is 5.75 Å². The molecular formula is C15H16ClNO. The molecule has 0 radical (unpaired) electrons. The number of anilines is 1. The van der Waals surface area contributed by atoms with Gasteiger partial charge >= 0.3 is 0 Å². The van der Waals surface area contributed by atoms with E-state index in [0.717, 1.165) is 23.0 Å². The lowest BCUT2D eigenvalue weighted by Crippen LogP contribution is -2.16. The molecule has 0 N–H and O–H groups in total. The molecule has 0 heterocycles. The van der Waals surface area contributed by atoms with E-state index in [0.29, 0.717) is 0 Å². The van der Waals surface area contributed by atoms with E-state index in [9.17, 15) is 0 Å². The van der Waals surface area contributed by atoms with Crippen LogP contribution in [0.1, 0.15) is 5.56 Å². The molecular weight excluding hydrogens is 246 g/mol. The number of methoxy groups -OCH3 is 1. The Balaban J connectivity index is 2.06. The molecule has 2 rings (SSSR count). The van der Waals surface area contributed by atoms with Crippen molar-refractivity contribution in [2.75, 3.05) is 19.1 Å². The van der Waals surface area contributed by atoms with E-state index in [-0.39, 0.29) is 0 Å². The number of ether oxygens (including phenoxy) is 1. The molecule has 0 aliphatic carbocycles. The van der Waals surface area contributed by atoms with Gasteiger partial charge in [0.25, 0.3) is 0 Å². The van der Waals surface area contributed by atoms with Crippen LogP contribution in [0.5, 0.6) is 5.75 Å². The summed E-state index contributed by atoms with van der Waals surface area (Å²) < 4.78 is 5.15. The number of halogens is 1. The van der Waals surface area contributed by atoms with Gasteiger partial charge in [-0.3, -0.25) is 0 Å². The minimum absolute atomic E-state index is 0.769. The molecule has 0 bridgehead atoms. The van der Waals surface area contributed by atoms with Crippen molar-refractivity contribution in [3.63, 3.8) is 0 Å². The minimum Gasteiger partial charge on any atom is -0.497 e. The zero-order valence-corrected chi connectivity index (χ0v) is 11.3. The Kier molecular flexibility index (Phi) is 4.11. The lowest BCUT2D eigenvalue weighted by Gasteiger charge is -2.19. The van der Waals surface area contributed by atoms with E-state index in [4.69, 9.17) is 16.3 Å². The average molecular weight is 262 g/mol. The molecule has 2 aromatic rings. The average Bonchev–Trinajstić information content (AvgIpc) is 2.41. The summed E-state index contributed by atoms with van der Waals surface area (Å²) in [6, 6.07) is 16.0. The van der Waals surface area contributed by atoms with E-state index in [1.54, 1.807) is 7.11 Å². The van der Waals surface area contributed by atoms with Gasteiger partial charge in [-0.15, -0.1) is 0 Å². The largest absolute Gasteiger partial charge is 0.497 e. The third-order valence-electron chi connectivity index (χ3n) is 2.85. The SMILES string of the molecule is COc1ccc(N(C)Cc2ccc(Cl)cc2)cc1. The van der Waals surface area contributed by atoms with E-state index in [1.807, 2.05) is 36.4 Å². The first-order valence-corrected chi connectivity index (χ1v) is 6.16. The molecule has 0 amide bonds. The Morgan fingerprint density at radius 1 is 1.00 bits per heavy atom. The van der Waals surface area contributed by atoms with Crippen LogP contribution in [-0.2, 0) is 6.54 Å². The molecule has 0 saturated carbocycles. The van der Waals surface area contributed by atoms with Crippen LogP contribution in [0.25, 0.3) is 0 Å². The first-order chi connectivity index (χ1) is 8.69. The molecule has 3 heteroatoms. The lowest BCUT2D eigenvalue weighted by atomic mass is 10.2. The quantitative estimate of drug-likeness (QED) is 0.825. The Hall–Kier alpha value is -1.67. The van der Waals surface area contributed by atoms with Gasteiger partial charge in [0.2, 0.25) is 0 Å². The molecule has 0 atom stereocenters. The fraction of sp³-hybridized carbons (Fsp3) is 0.200. The number of hydrogen-bond acceptors (Lipinski definition) is 2. The van der Waals surface area contributed by atoms with Gasteiger partial charge in [-0.25, -0.2) is 0 Å². The predicted octanol–water partition coefficient (Wildman–Crippen LogP) is 3.99. The van der Waals surface area contributed by atoms with Crippen LogP contribution < -0.4 is 9.64 Å². The van der Waals surface area contributed by atoms with Crippen LogP contribution in [0.4, 0.5) is 5.69 Å². The molecule has 2 aromatic carbocycles. The second-order valence-electron chi connectivity index (χ2n) is 4.18. The standard InChI is InChI=1S/C15H16ClNO/c1-17(11-12-3-5-13(16)6-4-12)14-7-9-15(18-2)10-8-14/h3-10H,11H2,1-2H3. The van der Waals surface area contributed by atoms with Crippen molar-refractivity contribution in [1.29, 1.82) is 0 Å². The van der Waals surface area contributed by atoms with Gasteiger partial charge < -0.3 is 9.64 Å². The molecule has 0 unspecified atom stereocenters. The number of hydrogen-bond donors (Lipinski definition) is 0. The van der Waals surface area contributed by atoms with E-state index < -0.39 is 0 Å². The van der Waals surface area contributed by atoms with E-state index >= 15 is 0 Å². The topological polar surface area (TPSA) is 12.5 Å². The fourth-order valence-corrected chi connectivity index (χ4v) is 1.92. The fourth-order valence-electron chi connectivity index (χ4n) is 1.79. The molecule has 0 aliphatic heterocycles. The second kappa shape index (κ2) is 5.78. The van der Waals surface area contributed by atoms with Crippen molar-refractivity contribution in [2.45, 2.75) is 6.54 Å². The maximum absolute atomic E-state index is 5.87. The Morgan fingerprint density at radius 2 is 1.61 bits per heavy atom. The molecule has 0 saturated heterocycles. The molecule has 2 nitrogen and oxygen atoms in total. The summed E-state index contributed by atoms with van der Waals surface area (Å²) in [6.45, 7) is 0.851. The van der Waals surface area contributed by atoms with Crippen molar-refractivity contribution >= 4 is 17.3 Å². The molecule has 0 spiro atoms. The van der Waals surface area contributed by atoms with Gasteiger partial charge in [0, 0.05) is 24.3 Å². The van der Waals surface area contributed by atoms with Crippen LogP contribution in [0.2, 0.25) is 5.02 Å². The van der Waals surface area contributed by atoms with Gasteiger partial charge in [0.05, 0.1) is 7.11 Å². The van der Waals surface area contributed by atoms with Gasteiger partial charge in [0.1, 0.15) is 5.75 Å².